The van der Waals surface area contributed by atoms with Crippen LogP contribution >= 0.6 is 0 Å². The first-order valence-corrected chi connectivity index (χ1v) is 5.01. The number of hydrogen-bond donors (Lipinski definition) is 1. The number of ether oxygens (including phenoxy) is 1. The molecule has 1 aromatic carbocycles. The van der Waals surface area contributed by atoms with E-state index in [9.17, 15) is 0 Å². The molecule has 2 aromatic rings. The SMILES string of the molecule is CCc1cccc(-c2cn[nH]c2)c1OC. The van der Waals surface area contributed by atoms with Crippen LogP contribution in [0.2, 0.25) is 0 Å². The minimum atomic E-state index is 0.946. The zero-order chi connectivity index (χ0) is 10.7. The Morgan fingerprint density at radius 1 is 1.40 bits per heavy atom. The molecule has 0 spiro atoms. The molecule has 3 heteroatoms. The van der Waals surface area contributed by atoms with Crippen LogP contribution in [0.5, 0.6) is 5.75 Å². The lowest BCUT2D eigenvalue weighted by molar-refractivity contribution is 0.412. The highest BCUT2D eigenvalue weighted by Crippen LogP contribution is 2.32. The van der Waals surface area contributed by atoms with E-state index in [1.54, 1.807) is 13.3 Å². The van der Waals surface area contributed by atoms with E-state index in [1.165, 1.54) is 5.56 Å². The molecule has 0 radical (unpaired) electrons. The van der Waals surface area contributed by atoms with E-state index in [1.807, 2.05) is 18.3 Å². The number of nitrogens with zero attached hydrogens (tertiary/aromatic N) is 1. The third kappa shape index (κ3) is 1.73. The van der Waals surface area contributed by atoms with E-state index in [-0.39, 0.29) is 0 Å². The molecule has 15 heavy (non-hydrogen) atoms. The Morgan fingerprint density at radius 3 is 2.87 bits per heavy atom. The van der Waals surface area contributed by atoms with Crippen LogP contribution in [0.4, 0.5) is 0 Å². The highest BCUT2D eigenvalue weighted by molar-refractivity contribution is 5.71. The van der Waals surface area contributed by atoms with Gasteiger partial charge in [0.15, 0.2) is 0 Å². The van der Waals surface area contributed by atoms with Gasteiger partial charge < -0.3 is 4.74 Å². The quantitative estimate of drug-likeness (QED) is 0.830. The van der Waals surface area contributed by atoms with Crippen molar-refractivity contribution in [3.8, 4) is 16.9 Å². The van der Waals surface area contributed by atoms with Gasteiger partial charge in [0, 0.05) is 17.3 Å². The second-order valence-electron chi connectivity index (χ2n) is 3.34. The molecular weight excluding hydrogens is 188 g/mol. The van der Waals surface area contributed by atoms with Gasteiger partial charge in [-0.3, -0.25) is 5.10 Å². The molecule has 0 unspecified atom stereocenters. The van der Waals surface area contributed by atoms with Gasteiger partial charge >= 0.3 is 0 Å². The standard InChI is InChI=1S/C12H14N2O/c1-3-9-5-4-6-11(12(9)15-2)10-7-13-14-8-10/h4-8H,3H2,1-2H3,(H,13,14). The number of benzene rings is 1. The zero-order valence-corrected chi connectivity index (χ0v) is 8.95. The summed E-state index contributed by atoms with van der Waals surface area (Å²) in [7, 11) is 1.71. The zero-order valence-electron chi connectivity index (χ0n) is 8.95. The second-order valence-corrected chi connectivity index (χ2v) is 3.34. The van der Waals surface area contributed by atoms with Crippen LogP contribution in [-0.2, 0) is 6.42 Å². The van der Waals surface area contributed by atoms with Crippen molar-refractivity contribution in [2.45, 2.75) is 13.3 Å². The molecule has 78 valence electrons. The molecule has 0 saturated carbocycles. The number of aryl methyl sites for hydroxylation is 1. The summed E-state index contributed by atoms with van der Waals surface area (Å²) in [6, 6.07) is 6.18. The molecule has 1 N–H and O–H groups in total. The summed E-state index contributed by atoms with van der Waals surface area (Å²) in [4.78, 5) is 0. The van der Waals surface area contributed by atoms with Crippen molar-refractivity contribution < 1.29 is 4.74 Å². The van der Waals surface area contributed by atoms with Crippen molar-refractivity contribution >= 4 is 0 Å². The van der Waals surface area contributed by atoms with Gasteiger partial charge in [-0.2, -0.15) is 5.10 Å². The molecule has 0 amide bonds. The van der Waals surface area contributed by atoms with E-state index < -0.39 is 0 Å². The van der Waals surface area contributed by atoms with Gasteiger partial charge in [0.1, 0.15) is 5.75 Å². The molecule has 0 fully saturated rings. The minimum Gasteiger partial charge on any atom is -0.496 e. The molecule has 2 rings (SSSR count). The monoisotopic (exact) mass is 202 g/mol. The summed E-state index contributed by atoms with van der Waals surface area (Å²) >= 11 is 0. The summed E-state index contributed by atoms with van der Waals surface area (Å²) in [5.41, 5.74) is 3.36. The third-order valence-corrected chi connectivity index (χ3v) is 2.49. The highest BCUT2D eigenvalue weighted by Gasteiger charge is 2.09. The molecule has 3 nitrogen and oxygen atoms in total. The Labute approximate surface area is 89.1 Å². The second kappa shape index (κ2) is 4.17. The molecule has 0 aliphatic carbocycles. The summed E-state index contributed by atoms with van der Waals surface area (Å²) in [6.45, 7) is 2.12. The van der Waals surface area contributed by atoms with Crippen molar-refractivity contribution in [3.05, 3.63) is 36.2 Å². The van der Waals surface area contributed by atoms with E-state index in [0.717, 1.165) is 23.3 Å². The predicted octanol–water partition coefficient (Wildman–Crippen LogP) is 2.65. The molecule has 1 heterocycles. The van der Waals surface area contributed by atoms with Crippen LogP contribution in [0.1, 0.15) is 12.5 Å². The molecular formula is C12H14N2O. The number of H-pyrrole nitrogens is 1. The van der Waals surface area contributed by atoms with Crippen LogP contribution in [0, 0.1) is 0 Å². The first-order valence-electron chi connectivity index (χ1n) is 5.01. The third-order valence-electron chi connectivity index (χ3n) is 2.49. The maximum atomic E-state index is 5.45. The number of aromatic nitrogens is 2. The van der Waals surface area contributed by atoms with Crippen LogP contribution in [0.25, 0.3) is 11.1 Å². The minimum absolute atomic E-state index is 0.946. The highest BCUT2D eigenvalue weighted by atomic mass is 16.5. The van der Waals surface area contributed by atoms with Crippen molar-refractivity contribution in [2.24, 2.45) is 0 Å². The Kier molecular flexibility index (Phi) is 2.72. The summed E-state index contributed by atoms with van der Waals surface area (Å²) < 4.78 is 5.45. The van der Waals surface area contributed by atoms with E-state index in [4.69, 9.17) is 4.74 Å². The summed E-state index contributed by atoms with van der Waals surface area (Å²) in [6.07, 6.45) is 4.64. The molecule has 0 aliphatic heterocycles. The van der Waals surface area contributed by atoms with Crippen molar-refractivity contribution in [1.29, 1.82) is 0 Å². The fourth-order valence-corrected chi connectivity index (χ4v) is 1.73. The Bertz CT molecular complexity index is 435. The maximum Gasteiger partial charge on any atom is 0.129 e. The van der Waals surface area contributed by atoms with Crippen LogP contribution < -0.4 is 4.74 Å². The lowest BCUT2D eigenvalue weighted by atomic mass is 10.0. The van der Waals surface area contributed by atoms with Gasteiger partial charge in [-0.15, -0.1) is 0 Å². The average molecular weight is 202 g/mol. The number of hydrogen-bond acceptors (Lipinski definition) is 2. The Balaban J connectivity index is 2.56. The fraction of sp³-hybridized carbons (Fsp3) is 0.250. The Hall–Kier alpha value is -1.77. The van der Waals surface area contributed by atoms with Gasteiger partial charge in [0.05, 0.1) is 13.3 Å². The topological polar surface area (TPSA) is 37.9 Å². The molecule has 0 aliphatic rings. The Morgan fingerprint density at radius 2 is 2.27 bits per heavy atom. The van der Waals surface area contributed by atoms with E-state index >= 15 is 0 Å². The molecule has 0 atom stereocenters. The number of rotatable bonds is 3. The normalized spacial score (nSPS) is 10.3. The van der Waals surface area contributed by atoms with E-state index in [0.29, 0.717) is 0 Å². The van der Waals surface area contributed by atoms with Crippen molar-refractivity contribution in [1.82, 2.24) is 10.2 Å². The van der Waals surface area contributed by atoms with Crippen LogP contribution in [0.15, 0.2) is 30.6 Å². The number of methoxy groups -OCH3 is 1. The van der Waals surface area contributed by atoms with Gasteiger partial charge in [-0.05, 0) is 12.0 Å². The van der Waals surface area contributed by atoms with Gasteiger partial charge in [0.2, 0.25) is 0 Å². The van der Waals surface area contributed by atoms with Gasteiger partial charge in [-0.25, -0.2) is 0 Å². The van der Waals surface area contributed by atoms with Crippen LogP contribution in [-0.4, -0.2) is 17.3 Å². The maximum absolute atomic E-state index is 5.45. The van der Waals surface area contributed by atoms with Crippen molar-refractivity contribution in [2.75, 3.05) is 7.11 Å². The first-order chi connectivity index (χ1) is 7.36. The van der Waals surface area contributed by atoms with E-state index in [2.05, 4.69) is 23.2 Å². The number of aromatic amines is 1. The molecule has 0 bridgehead atoms. The lowest BCUT2D eigenvalue weighted by Crippen LogP contribution is -1.92. The number of para-hydroxylation sites is 1. The average Bonchev–Trinajstić information content (AvgIpc) is 2.81. The van der Waals surface area contributed by atoms with Gasteiger partial charge in [0.25, 0.3) is 0 Å². The van der Waals surface area contributed by atoms with Gasteiger partial charge in [-0.1, -0.05) is 25.1 Å². The first kappa shape index (κ1) is 9.77. The predicted molar refractivity (Wildman–Crippen MR) is 60.0 cm³/mol. The largest absolute Gasteiger partial charge is 0.496 e. The molecule has 1 aromatic heterocycles. The lowest BCUT2D eigenvalue weighted by Gasteiger charge is -2.10. The van der Waals surface area contributed by atoms with Crippen molar-refractivity contribution in [3.63, 3.8) is 0 Å². The summed E-state index contributed by atoms with van der Waals surface area (Å²) in [5.74, 6) is 0.946. The molecule has 0 saturated heterocycles. The number of nitrogens with one attached hydrogen (secondary N) is 1. The fourth-order valence-electron chi connectivity index (χ4n) is 1.73. The summed E-state index contributed by atoms with van der Waals surface area (Å²) in [5, 5.41) is 6.76. The van der Waals surface area contributed by atoms with Crippen LogP contribution in [0.3, 0.4) is 0 Å². The smallest absolute Gasteiger partial charge is 0.129 e.